The summed E-state index contributed by atoms with van der Waals surface area (Å²) in [6.45, 7) is -0.115. The first-order chi connectivity index (χ1) is 12.3. The number of nitro benzene ring substituents is 1. The van der Waals surface area contributed by atoms with Crippen molar-refractivity contribution in [2.45, 2.75) is 4.90 Å². The molecule has 2 amide bonds. The molecule has 10 heteroatoms. The van der Waals surface area contributed by atoms with Crippen molar-refractivity contribution in [2.75, 3.05) is 12.3 Å². The molecule has 134 valence electrons. The Morgan fingerprint density at radius 3 is 2.42 bits per heavy atom. The van der Waals surface area contributed by atoms with Crippen molar-refractivity contribution >= 4 is 51.5 Å². The number of benzene rings is 2. The van der Waals surface area contributed by atoms with Gasteiger partial charge < -0.3 is 0 Å². The molecular weight excluding hydrogens is 403 g/mol. The van der Waals surface area contributed by atoms with Crippen LogP contribution in [0.5, 0.6) is 0 Å². The third kappa shape index (κ3) is 3.35. The lowest BCUT2D eigenvalue weighted by Crippen LogP contribution is -2.33. The van der Waals surface area contributed by atoms with Crippen LogP contribution in [-0.2, 0) is 10.8 Å². The Balaban J connectivity index is 1.78. The molecule has 1 aliphatic heterocycles. The fourth-order valence-electron chi connectivity index (χ4n) is 2.53. The highest BCUT2D eigenvalue weighted by atomic mass is 35.5. The molecule has 1 atom stereocenters. The van der Waals surface area contributed by atoms with Gasteiger partial charge in [-0.05, 0) is 24.3 Å². The van der Waals surface area contributed by atoms with Crippen LogP contribution in [0, 0.1) is 10.1 Å². The average molecular weight is 413 g/mol. The van der Waals surface area contributed by atoms with Gasteiger partial charge in [0.15, 0.2) is 0 Å². The second-order valence-corrected chi connectivity index (χ2v) is 7.76. The quantitative estimate of drug-likeness (QED) is 0.426. The molecule has 0 saturated carbocycles. The molecule has 0 radical (unpaired) electrons. The van der Waals surface area contributed by atoms with Crippen molar-refractivity contribution in [3.8, 4) is 0 Å². The molecular formula is C16H10Cl2N2O5S. The Hall–Kier alpha value is -2.29. The Morgan fingerprint density at radius 1 is 1.04 bits per heavy atom. The number of non-ortho nitro benzene ring substituents is 1. The molecule has 2 aromatic rings. The maximum Gasteiger partial charge on any atom is 0.270 e. The summed E-state index contributed by atoms with van der Waals surface area (Å²) in [6.07, 6.45) is 0. The number of carbonyl (C=O) groups is 2. The van der Waals surface area contributed by atoms with Gasteiger partial charge in [-0.3, -0.25) is 28.8 Å². The van der Waals surface area contributed by atoms with E-state index >= 15 is 0 Å². The molecule has 0 spiro atoms. The normalized spacial score (nSPS) is 14.5. The van der Waals surface area contributed by atoms with E-state index in [0.717, 1.165) is 17.0 Å². The summed E-state index contributed by atoms with van der Waals surface area (Å²) in [5.74, 6) is -1.26. The third-order valence-electron chi connectivity index (χ3n) is 3.80. The standard InChI is InChI=1S/C16H10Cl2N2O5S/c17-9-1-4-13(18)14(7-9)26(25)6-5-19-15(21)11-3-2-10(20(23)24)8-12(11)16(19)22/h1-4,7-8H,5-6H2/t26-/m0/s1. The number of amides is 2. The van der Waals surface area contributed by atoms with Crippen molar-refractivity contribution < 1.29 is 18.7 Å². The zero-order valence-electron chi connectivity index (χ0n) is 13.0. The predicted molar refractivity (Wildman–Crippen MR) is 96.2 cm³/mol. The molecule has 7 nitrogen and oxygen atoms in total. The van der Waals surface area contributed by atoms with Gasteiger partial charge >= 0.3 is 0 Å². The van der Waals surface area contributed by atoms with Crippen LogP contribution in [0.4, 0.5) is 5.69 Å². The zero-order chi connectivity index (χ0) is 19.0. The zero-order valence-corrected chi connectivity index (χ0v) is 15.3. The predicted octanol–water partition coefficient (Wildman–Crippen LogP) is 3.31. The minimum absolute atomic E-state index is 0.0317. The number of rotatable bonds is 5. The van der Waals surface area contributed by atoms with E-state index in [4.69, 9.17) is 23.2 Å². The van der Waals surface area contributed by atoms with Crippen molar-refractivity contribution in [1.82, 2.24) is 4.90 Å². The summed E-state index contributed by atoms with van der Waals surface area (Å²) in [5.41, 5.74) is -0.219. The van der Waals surface area contributed by atoms with Gasteiger partial charge in [0, 0.05) is 29.5 Å². The SMILES string of the molecule is O=C1c2ccc([N+](=O)[O-])cc2C(=O)N1CC[S@](=O)c1cc(Cl)ccc1Cl. The highest BCUT2D eigenvalue weighted by Gasteiger charge is 2.36. The van der Waals surface area contributed by atoms with Gasteiger partial charge in [-0.25, -0.2) is 0 Å². The third-order valence-corrected chi connectivity index (χ3v) is 5.86. The van der Waals surface area contributed by atoms with E-state index in [2.05, 4.69) is 0 Å². The number of fused-ring (bicyclic) bond motifs is 1. The van der Waals surface area contributed by atoms with Crippen LogP contribution in [0.1, 0.15) is 20.7 Å². The molecule has 0 fully saturated rings. The molecule has 0 aromatic heterocycles. The van der Waals surface area contributed by atoms with E-state index in [9.17, 15) is 23.9 Å². The van der Waals surface area contributed by atoms with Crippen LogP contribution in [0.25, 0.3) is 0 Å². The van der Waals surface area contributed by atoms with Gasteiger partial charge in [0.2, 0.25) is 0 Å². The monoisotopic (exact) mass is 412 g/mol. The highest BCUT2D eigenvalue weighted by molar-refractivity contribution is 7.85. The number of hydrogen-bond donors (Lipinski definition) is 0. The molecule has 3 rings (SSSR count). The highest BCUT2D eigenvalue weighted by Crippen LogP contribution is 2.28. The fourth-order valence-corrected chi connectivity index (χ4v) is 4.26. The summed E-state index contributed by atoms with van der Waals surface area (Å²) < 4.78 is 12.4. The van der Waals surface area contributed by atoms with Crippen LogP contribution >= 0.6 is 23.2 Å². The van der Waals surface area contributed by atoms with E-state index in [1.54, 1.807) is 6.07 Å². The van der Waals surface area contributed by atoms with Gasteiger partial charge in [-0.1, -0.05) is 23.2 Å². The lowest BCUT2D eigenvalue weighted by Gasteiger charge is -2.13. The Labute approximate surface area is 160 Å². The number of imide groups is 1. The fraction of sp³-hybridized carbons (Fsp3) is 0.125. The number of nitrogens with zero attached hydrogens (tertiary/aromatic N) is 2. The smallest absolute Gasteiger partial charge is 0.270 e. The maximum atomic E-state index is 12.4. The molecule has 0 aliphatic carbocycles. The van der Waals surface area contributed by atoms with Gasteiger partial charge in [-0.2, -0.15) is 0 Å². The van der Waals surface area contributed by atoms with E-state index in [1.165, 1.54) is 18.2 Å². The van der Waals surface area contributed by atoms with E-state index < -0.39 is 27.5 Å². The minimum Gasteiger partial charge on any atom is -0.273 e. The number of nitro groups is 1. The first kappa shape index (κ1) is 18.5. The van der Waals surface area contributed by atoms with Gasteiger partial charge in [0.05, 0.1) is 36.8 Å². The lowest BCUT2D eigenvalue weighted by molar-refractivity contribution is -0.384. The lowest BCUT2D eigenvalue weighted by atomic mass is 10.1. The Bertz CT molecular complexity index is 979. The molecule has 1 aliphatic rings. The van der Waals surface area contributed by atoms with Crippen LogP contribution in [-0.4, -0.2) is 38.1 Å². The first-order valence-electron chi connectivity index (χ1n) is 7.27. The second kappa shape index (κ2) is 7.14. The molecule has 2 aromatic carbocycles. The van der Waals surface area contributed by atoms with Gasteiger partial charge in [0.1, 0.15) is 0 Å². The van der Waals surface area contributed by atoms with E-state index in [-0.39, 0.29) is 34.1 Å². The van der Waals surface area contributed by atoms with Gasteiger partial charge in [0.25, 0.3) is 17.5 Å². The van der Waals surface area contributed by atoms with Gasteiger partial charge in [-0.15, -0.1) is 0 Å². The molecule has 0 saturated heterocycles. The van der Waals surface area contributed by atoms with Crippen molar-refractivity contribution in [3.05, 3.63) is 67.7 Å². The summed E-state index contributed by atoms with van der Waals surface area (Å²) in [6, 6.07) is 8.02. The number of halogens is 2. The van der Waals surface area contributed by atoms with Crippen LogP contribution < -0.4 is 0 Å². The summed E-state index contributed by atoms with van der Waals surface area (Å²) in [7, 11) is -1.58. The molecule has 0 unspecified atom stereocenters. The molecule has 0 N–H and O–H groups in total. The topological polar surface area (TPSA) is 97.6 Å². The second-order valence-electron chi connectivity index (χ2n) is 5.37. The molecule has 26 heavy (non-hydrogen) atoms. The van der Waals surface area contributed by atoms with E-state index in [1.807, 2.05) is 0 Å². The average Bonchev–Trinajstić information content (AvgIpc) is 2.85. The first-order valence-corrected chi connectivity index (χ1v) is 9.35. The summed E-state index contributed by atoms with van der Waals surface area (Å²) in [5, 5.41) is 11.5. The largest absolute Gasteiger partial charge is 0.273 e. The van der Waals surface area contributed by atoms with E-state index in [0.29, 0.717) is 9.92 Å². The van der Waals surface area contributed by atoms with Crippen molar-refractivity contribution in [2.24, 2.45) is 0 Å². The summed E-state index contributed by atoms with van der Waals surface area (Å²) >= 11 is 11.9. The van der Waals surface area contributed by atoms with Crippen LogP contribution in [0.3, 0.4) is 0 Å². The summed E-state index contributed by atoms with van der Waals surface area (Å²) in [4.78, 5) is 36.2. The maximum absolute atomic E-state index is 12.4. The van der Waals surface area contributed by atoms with Crippen LogP contribution in [0.15, 0.2) is 41.3 Å². The number of hydrogen-bond acceptors (Lipinski definition) is 5. The minimum atomic E-state index is -1.58. The number of carbonyl (C=O) groups excluding carboxylic acids is 2. The molecule has 1 heterocycles. The van der Waals surface area contributed by atoms with Crippen molar-refractivity contribution in [1.29, 1.82) is 0 Å². The Morgan fingerprint density at radius 2 is 1.73 bits per heavy atom. The Kier molecular flexibility index (Phi) is 5.08. The van der Waals surface area contributed by atoms with Crippen LogP contribution in [0.2, 0.25) is 10.0 Å². The molecule has 0 bridgehead atoms. The van der Waals surface area contributed by atoms with Crippen molar-refractivity contribution in [3.63, 3.8) is 0 Å².